The van der Waals surface area contributed by atoms with Crippen molar-refractivity contribution in [3.63, 3.8) is 0 Å². The van der Waals surface area contributed by atoms with E-state index in [1.165, 1.54) is 6.20 Å². The molecule has 0 amide bonds. The third-order valence-electron chi connectivity index (χ3n) is 2.51. The van der Waals surface area contributed by atoms with E-state index in [0.717, 1.165) is 4.88 Å². The first-order valence-corrected chi connectivity index (χ1v) is 6.74. The van der Waals surface area contributed by atoms with Gasteiger partial charge in [-0.25, -0.2) is 0 Å². The average molecular weight is 293 g/mol. The van der Waals surface area contributed by atoms with Crippen LogP contribution in [-0.4, -0.2) is 15.1 Å². The van der Waals surface area contributed by atoms with Gasteiger partial charge in [0.1, 0.15) is 11.7 Å². The Bertz CT molecular complexity index is 665. The Hall–Kier alpha value is -1.76. The van der Waals surface area contributed by atoms with Gasteiger partial charge >= 0.3 is 0 Å². The van der Waals surface area contributed by atoms with Crippen molar-refractivity contribution >= 4 is 22.9 Å². The number of halogens is 1. The van der Waals surface area contributed by atoms with Crippen LogP contribution in [0.15, 0.2) is 40.4 Å². The number of rotatable bonds is 3. The Labute approximate surface area is 118 Å². The van der Waals surface area contributed by atoms with Crippen LogP contribution in [0.5, 0.6) is 0 Å². The molecule has 0 spiro atoms. The number of aromatic nitrogens is 3. The summed E-state index contributed by atoms with van der Waals surface area (Å²) < 4.78 is 5.18. The molecular formula is C12H9ClN4OS. The maximum atomic E-state index is 6.05. The van der Waals surface area contributed by atoms with Gasteiger partial charge in [-0.3, -0.25) is 4.98 Å². The minimum Gasteiger partial charge on any atom is -0.337 e. The second-order valence-electron chi connectivity index (χ2n) is 3.81. The number of thiophene rings is 1. The predicted octanol–water partition coefficient (Wildman–Crippen LogP) is 2.89. The molecule has 1 atom stereocenters. The van der Waals surface area contributed by atoms with E-state index in [4.69, 9.17) is 21.9 Å². The van der Waals surface area contributed by atoms with Gasteiger partial charge in [-0.05, 0) is 23.6 Å². The highest BCUT2D eigenvalue weighted by molar-refractivity contribution is 7.10. The van der Waals surface area contributed by atoms with Gasteiger partial charge in [0.2, 0.25) is 11.7 Å². The summed E-state index contributed by atoms with van der Waals surface area (Å²) in [6.07, 6.45) is 1.53. The number of nitrogens with two attached hydrogens (primary N) is 1. The van der Waals surface area contributed by atoms with Crippen LogP contribution in [-0.2, 0) is 0 Å². The molecule has 0 aromatic carbocycles. The van der Waals surface area contributed by atoms with Crippen molar-refractivity contribution in [3.05, 3.63) is 51.6 Å². The van der Waals surface area contributed by atoms with Gasteiger partial charge in [-0.2, -0.15) is 4.98 Å². The van der Waals surface area contributed by atoms with E-state index in [1.54, 1.807) is 23.5 Å². The largest absolute Gasteiger partial charge is 0.337 e. The summed E-state index contributed by atoms with van der Waals surface area (Å²) in [4.78, 5) is 9.36. The lowest BCUT2D eigenvalue weighted by molar-refractivity contribution is 0.368. The maximum Gasteiger partial charge on any atom is 0.249 e. The van der Waals surface area contributed by atoms with E-state index in [-0.39, 0.29) is 0 Å². The average Bonchev–Trinajstić information content (AvgIpc) is 3.10. The molecule has 0 saturated heterocycles. The highest BCUT2D eigenvalue weighted by Crippen LogP contribution is 2.24. The van der Waals surface area contributed by atoms with Crippen LogP contribution in [0.2, 0.25) is 5.02 Å². The Morgan fingerprint density at radius 3 is 2.89 bits per heavy atom. The molecule has 0 saturated carbocycles. The van der Waals surface area contributed by atoms with Gasteiger partial charge in [0.15, 0.2) is 0 Å². The number of hydrogen-bond donors (Lipinski definition) is 1. The summed E-state index contributed by atoms with van der Waals surface area (Å²) in [5.41, 5.74) is 6.64. The maximum absolute atomic E-state index is 6.05. The molecule has 0 fully saturated rings. The van der Waals surface area contributed by atoms with E-state index < -0.39 is 6.04 Å². The molecule has 5 nitrogen and oxygen atoms in total. The summed E-state index contributed by atoms with van der Waals surface area (Å²) in [5, 5.41) is 6.39. The van der Waals surface area contributed by atoms with Gasteiger partial charge in [0.05, 0.1) is 5.02 Å². The summed E-state index contributed by atoms with van der Waals surface area (Å²) in [6.45, 7) is 0. The van der Waals surface area contributed by atoms with Crippen molar-refractivity contribution in [2.75, 3.05) is 0 Å². The minimum atomic E-state index is -0.409. The van der Waals surface area contributed by atoms with E-state index in [0.29, 0.717) is 22.4 Å². The van der Waals surface area contributed by atoms with Gasteiger partial charge in [0, 0.05) is 11.1 Å². The third kappa shape index (κ3) is 2.51. The van der Waals surface area contributed by atoms with Crippen molar-refractivity contribution in [1.82, 2.24) is 15.1 Å². The van der Waals surface area contributed by atoms with Crippen LogP contribution in [0.1, 0.15) is 16.8 Å². The summed E-state index contributed by atoms with van der Waals surface area (Å²) in [5.74, 6) is 0.771. The molecule has 3 aromatic heterocycles. The molecule has 96 valence electrons. The first-order chi connectivity index (χ1) is 9.24. The van der Waals surface area contributed by atoms with Crippen LogP contribution < -0.4 is 5.73 Å². The van der Waals surface area contributed by atoms with Crippen LogP contribution in [0.25, 0.3) is 11.5 Å². The summed E-state index contributed by atoms with van der Waals surface area (Å²) in [7, 11) is 0. The SMILES string of the molecule is NC(c1nc(-c2ccc(Cl)cn2)no1)c1cccs1. The van der Waals surface area contributed by atoms with Crippen LogP contribution >= 0.6 is 22.9 Å². The number of nitrogens with zero attached hydrogens (tertiary/aromatic N) is 3. The van der Waals surface area contributed by atoms with Crippen molar-refractivity contribution in [2.45, 2.75) is 6.04 Å². The molecule has 0 aliphatic carbocycles. The monoisotopic (exact) mass is 292 g/mol. The normalized spacial score (nSPS) is 12.5. The van der Waals surface area contributed by atoms with E-state index in [9.17, 15) is 0 Å². The fraction of sp³-hybridized carbons (Fsp3) is 0.0833. The Morgan fingerprint density at radius 1 is 1.32 bits per heavy atom. The van der Waals surface area contributed by atoms with Gasteiger partial charge in [-0.15, -0.1) is 11.3 Å². The Balaban J connectivity index is 1.89. The Morgan fingerprint density at radius 2 is 2.21 bits per heavy atom. The smallest absolute Gasteiger partial charge is 0.249 e. The molecule has 0 bridgehead atoms. The molecule has 7 heteroatoms. The van der Waals surface area contributed by atoms with Crippen molar-refractivity contribution in [2.24, 2.45) is 5.73 Å². The van der Waals surface area contributed by atoms with E-state index in [2.05, 4.69) is 15.1 Å². The predicted molar refractivity (Wildman–Crippen MR) is 72.9 cm³/mol. The molecule has 0 aliphatic rings. The lowest BCUT2D eigenvalue weighted by atomic mass is 10.2. The molecule has 3 aromatic rings. The van der Waals surface area contributed by atoms with E-state index >= 15 is 0 Å². The summed E-state index contributed by atoms with van der Waals surface area (Å²) in [6, 6.07) is 6.90. The molecule has 0 aliphatic heterocycles. The standard InChI is InChI=1S/C12H9ClN4OS/c13-7-3-4-8(15-6-7)11-16-12(18-17-11)10(14)9-2-1-5-19-9/h1-6,10H,14H2. The fourth-order valence-electron chi connectivity index (χ4n) is 1.56. The summed E-state index contributed by atoms with van der Waals surface area (Å²) >= 11 is 7.32. The highest BCUT2D eigenvalue weighted by atomic mass is 35.5. The third-order valence-corrected chi connectivity index (χ3v) is 3.69. The van der Waals surface area contributed by atoms with Crippen LogP contribution in [0.4, 0.5) is 0 Å². The topological polar surface area (TPSA) is 77.8 Å². The zero-order valence-electron chi connectivity index (χ0n) is 9.65. The lowest BCUT2D eigenvalue weighted by Crippen LogP contribution is -2.10. The first-order valence-electron chi connectivity index (χ1n) is 5.48. The molecular weight excluding hydrogens is 284 g/mol. The van der Waals surface area contributed by atoms with Crippen LogP contribution in [0.3, 0.4) is 0 Å². The second-order valence-corrected chi connectivity index (χ2v) is 5.23. The number of pyridine rings is 1. The molecule has 19 heavy (non-hydrogen) atoms. The van der Waals surface area contributed by atoms with Crippen LogP contribution in [0, 0.1) is 0 Å². The quantitative estimate of drug-likeness (QED) is 0.803. The van der Waals surface area contributed by atoms with E-state index in [1.807, 2.05) is 17.5 Å². The van der Waals surface area contributed by atoms with Crippen molar-refractivity contribution < 1.29 is 4.52 Å². The molecule has 1 unspecified atom stereocenters. The highest BCUT2D eigenvalue weighted by Gasteiger charge is 2.18. The second kappa shape index (κ2) is 5.08. The Kier molecular flexibility index (Phi) is 3.29. The molecule has 3 heterocycles. The zero-order chi connectivity index (χ0) is 13.2. The molecule has 2 N–H and O–H groups in total. The lowest BCUT2D eigenvalue weighted by Gasteiger charge is -2.01. The fourth-order valence-corrected chi connectivity index (χ4v) is 2.39. The van der Waals surface area contributed by atoms with Gasteiger partial charge in [0.25, 0.3) is 0 Å². The van der Waals surface area contributed by atoms with Crippen molar-refractivity contribution in [1.29, 1.82) is 0 Å². The zero-order valence-corrected chi connectivity index (χ0v) is 11.2. The minimum absolute atomic E-state index is 0.370. The van der Waals surface area contributed by atoms with Crippen molar-refractivity contribution in [3.8, 4) is 11.5 Å². The first kappa shape index (κ1) is 12.3. The number of hydrogen-bond acceptors (Lipinski definition) is 6. The van der Waals surface area contributed by atoms with Gasteiger partial charge < -0.3 is 10.3 Å². The molecule has 3 rings (SSSR count). The van der Waals surface area contributed by atoms with Gasteiger partial charge in [-0.1, -0.05) is 22.8 Å². The molecule has 0 radical (unpaired) electrons.